The summed E-state index contributed by atoms with van der Waals surface area (Å²) in [6.07, 6.45) is -2.90. The van der Waals surface area contributed by atoms with Gasteiger partial charge >= 0.3 is 6.36 Å². The summed E-state index contributed by atoms with van der Waals surface area (Å²) >= 11 is 0. The van der Waals surface area contributed by atoms with E-state index < -0.39 is 12.1 Å². The first-order valence-electron chi connectivity index (χ1n) is 8.19. The number of halogens is 4. The van der Waals surface area contributed by atoms with Gasteiger partial charge in [-0.15, -0.1) is 37.1 Å². The Hall–Kier alpha value is -1.98. The number of nitrogens with two attached hydrogens (primary N) is 1. The molecule has 0 amide bonds. The normalized spacial score (nSPS) is 12.0. The SMILES string of the molecule is CCC(CC)c1cc(CN=C(N)Nc2ccccc2OC(F)(F)F)on1.I. The van der Waals surface area contributed by atoms with Crippen molar-refractivity contribution < 1.29 is 22.4 Å². The second-order valence-corrected chi connectivity index (χ2v) is 5.60. The van der Waals surface area contributed by atoms with Gasteiger partial charge in [0.1, 0.15) is 6.54 Å². The second-order valence-electron chi connectivity index (χ2n) is 5.60. The van der Waals surface area contributed by atoms with Crippen molar-refractivity contribution in [2.75, 3.05) is 5.32 Å². The maximum Gasteiger partial charge on any atom is 0.573 e. The summed E-state index contributed by atoms with van der Waals surface area (Å²) in [6, 6.07) is 7.38. The smallest absolute Gasteiger partial charge is 0.404 e. The highest BCUT2D eigenvalue weighted by Crippen LogP contribution is 2.29. The first kappa shape index (κ1) is 23.1. The number of benzene rings is 1. The zero-order valence-corrected chi connectivity index (χ0v) is 17.2. The van der Waals surface area contributed by atoms with Crippen LogP contribution in [0.25, 0.3) is 0 Å². The molecule has 1 aromatic heterocycles. The number of alkyl halides is 3. The van der Waals surface area contributed by atoms with E-state index in [9.17, 15) is 13.2 Å². The Balaban J connectivity index is 0.00000364. The summed E-state index contributed by atoms with van der Waals surface area (Å²) in [5, 5.41) is 6.62. The Bertz CT molecular complexity index is 746. The van der Waals surface area contributed by atoms with Crippen molar-refractivity contribution >= 4 is 35.6 Å². The van der Waals surface area contributed by atoms with Crippen LogP contribution in [0.5, 0.6) is 5.75 Å². The summed E-state index contributed by atoms with van der Waals surface area (Å²) in [4.78, 5) is 4.06. The Kier molecular flexibility index (Phi) is 8.86. The Morgan fingerprint density at radius 3 is 2.59 bits per heavy atom. The third kappa shape index (κ3) is 7.27. The van der Waals surface area contributed by atoms with Crippen molar-refractivity contribution in [1.29, 1.82) is 0 Å². The van der Waals surface area contributed by atoms with Crippen molar-refractivity contribution in [2.24, 2.45) is 10.7 Å². The fourth-order valence-corrected chi connectivity index (χ4v) is 2.43. The molecule has 0 unspecified atom stereocenters. The number of hydrogen-bond donors (Lipinski definition) is 2. The summed E-state index contributed by atoms with van der Waals surface area (Å²) in [5.41, 5.74) is 6.66. The van der Waals surface area contributed by atoms with Gasteiger partial charge in [-0.2, -0.15) is 0 Å². The zero-order chi connectivity index (χ0) is 19.2. The van der Waals surface area contributed by atoms with E-state index in [-0.39, 0.29) is 42.2 Å². The molecule has 0 fully saturated rings. The van der Waals surface area contributed by atoms with Crippen LogP contribution in [0.4, 0.5) is 18.9 Å². The lowest BCUT2D eigenvalue weighted by Crippen LogP contribution is -2.24. The number of guanidine groups is 1. The largest absolute Gasteiger partial charge is 0.573 e. The molecule has 0 bridgehead atoms. The minimum absolute atomic E-state index is 0. The molecule has 0 aliphatic carbocycles. The summed E-state index contributed by atoms with van der Waals surface area (Å²) < 4.78 is 46.4. The lowest BCUT2D eigenvalue weighted by atomic mass is 9.99. The van der Waals surface area contributed by atoms with Gasteiger partial charge in [0.05, 0.1) is 11.4 Å². The third-order valence-electron chi connectivity index (χ3n) is 3.76. The number of aliphatic imine (C=N–C) groups is 1. The molecule has 0 radical (unpaired) electrons. The molecule has 3 N–H and O–H groups in total. The molecular formula is C17H22F3IN4O2. The topological polar surface area (TPSA) is 85.7 Å². The fraction of sp³-hybridized carbons (Fsp3) is 0.412. The average molecular weight is 498 g/mol. The fourth-order valence-electron chi connectivity index (χ4n) is 2.43. The molecule has 1 heterocycles. The highest BCUT2D eigenvalue weighted by molar-refractivity contribution is 14.0. The molecular weight excluding hydrogens is 476 g/mol. The molecule has 2 aromatic rings. The van der Waals surface area contributed by atoms with Gasteiger partial charge in [-0.05, 0) is 25.0 Å². The molecule has 150 valence electrons. The van der Waals surface area contributed by atoms with Gasteiger partial charge in [-0.1, -0.05) is 31.1 Å². The van der Waals surface area contributed by atoms with Gasteiger partial charge in [0, 0.05) is 12.0 Å². The minimum atomic E-state index is -4.80. The standard InChI is InChI=1S/C17H21F3N4O2.HI/c1-3-11(4-2)14-9-12(26-24-14)10-22-16(21)23-13-7-5-6-8-15(13)25-17(18,19)20;/h5-9,11H,3-4,10H2,1-2H3,(H3,21,22,23);1H. The van der Waals surface area contributed by atoms with E-state index in [1.807, 2.05) is 6.07 Å². The Morgan fingerprint density at radius 2 is 1.96 bits per heavy atom. The lowest BCUT2D eigenvalue weighted by Gasteiger charge is -2.13. The quantitative estimate of drug-likeness (QED) is 0.318. The lowest BCUT2D eigenvalue weighted by molar-refractivity contribution is -0.274. The first-order chi connectivity index (χ1) is 12.3. The van der Waals surface area contributed by atoms with Crippen LogP contribution in [-0.2, 0) is 6.54 Å². The molecule has 6 nitrogen and oxygen atoms in total. The third-order valence-corrected chi connectivity index (χ3v) is 3.76. The molecule has 0 saturated heterocycles. The number of rotatable bonds is 7. The molecule has 27 heavy (non-hydrogen) atoms. The van der Waals surface area contributed by atoms with Crippen LogP contribution < -0.4 is 15.8 Å². The van der Waals surface area contributed by atoms with Crippen LogP contribution in [0.15, 0.2) is 39.8 Å². The van der Waals surface area contributed by atoms with Gasteiger partial charge in [0.15, 0.2) is 17.5 Å². The summed E-state index contributed by atoms with van der Waals surface area (Å²) in [6.45, 7) is 4.26. The Labute approximate surface area is 172 Å². The first-order valence-corrected chi connectivity index (χ1v) is 8.19. The van der Waals surface area contributed by atoms with Crippen molar-refractivity contribution in [3.05, 3.63) is 41.8 Å². The van der Waals surface area contributed by atoms with Crippen LogP contribution in [0.1, 0.15) is 44.1 Å². The number of para-hydroxylation sites is 2. The zero-order valence-electron chi connectivity index (χ0n) is 14.9. The molecule has 10 heteroatoms. The molecule has 1 aromatic carbocycles. The Morgan fingerprint density at radius 1 is 1.30 bits per heavy atom. The monoisotopic (exact) mass is 498 g/mol. The average Bonchev–Trinajstić information content (AvgIpc) is 3.03. The van der Waals surface area contributed by atoms with E-state index >= 15 is 0 Å². The van der Waals surface area contributed by atoms with Gasteiger partial charge in [0.25, 0.3) is 0 Å². The summed E-state index contributed by atoms with van der Waals surface area (Å²) in [5.74, 6) is 0.382. The number of ether oxygens (including phenoxy) is 1. The van der Waals surface area contributed by atoms with Crippen LogP contribution in [0, 0.1) is 0 Å². The van der Waals surface area contributed by atoms with Crippen LogP contribution in [0.2, 0.25) is 0 Å². The molecule has 2 rings (SSSR count). The predicted molar refractivity (Wildman–Crippen MR) is 107 cm³/mol. The van der Waals surface area contributed by atoms with Gasteiger partial charge in [0.2, 0.25) is 0 Å². The predicted octanol–water partition coefficient (Wildman–Crippen LogP) is 5.02. The van der Waals surface area contributed by atoms with E-state index in [1.54, 1.807) is 6.07 Å². The van der Waals surface area contributed by atoms with E-state index in [0.717, 1.165) is 18.5 Å². The van der Waals surface area contributed by atoms with Gasteiger partial charge < -0.3 is 20.3 Å². The number of hydrogen-bond acceptors (Lipinski definition) is 4. The summed E-state index contributed by atoms with van der Waals surface area (Å²) in [7, 11) is 0. The van der Waals surface area contributed by atoms with E-state index in [2.05, 4.69) is 34.1 Å². The van der Waals surface area contributed by atoms with Crippen LogP contribution >= 0.6 is 24.0 Å². The highest BCUT2D eigenvalue weighted by Gasteiger charge is 2.32. The second kappa shape index (κ2) is 10.4. The molecule has 0 atom stereocenters. The number of nitrogens with zero attached hydrogens (tertiary/aromatic N) is 2. The number of anilines is 1. The van der Waals surface area contributed by atoms with Gasteiger partial charge in [-0.25, -0.2) is 4.99 Å². The van der Waals surface area contributed by atoms with Crippen molar-refractivity contribution in [3.63, 3.8) is 0 Å². The van der Waals surface area contributed by atoms with E-state index in [0.29, 0.717) is 11.7 Å². The maximum absolute atomic E-state index is 12.4. The minimum Gasteiger partial charge on any atom is -0.404 e. The molecule has 0 aliphatic heterocycles. The maximum atomic E-state index is 12.4. The number of aromatic nitrogens is 1. The molecule has 0 spiro atoms. The van der Waals surface area contributed by atoms with E-state index in [4.69, 9.17) is 10.3 Å². The van der Waals surface area contributed by atoms with Crippen LogP contribution in [0.3, 0.4) is 0 Å². The van der Waals surface area contributed by atoms with Crippen molar-refractivity contribution in [1.82, 2.24) is 5.16 Å². The van der Waals surface area contributed by atoms with Crippen molar-refractivity contribution in [2.45, 2.75) is 45.5 Å². The van der Waals surface area contributed by atoms with Crippen LogP contribution in [-0.4, -0.2) is 17.5 Å². The highest BCUT2D eigenvalue weighted by atomic mass is 127. The number of nitrogens with one attached hydrogen (secondary N) is 1. The van der Waals surface area contributed by atoms with Crippen molar-refractivity contribution in [3.8, 4) is 5.75 Å². The van der Waals surface area contributed by atoms with Gasteiger partial charge in [-0.3, -0.25) is 0 Å². The molecule has 0 saturated carbocycles. The molecule has 0 aliphatic rings. The van der Waals surface area contributed by atoms with E-state index in [1.165, 1.54) is 18.2 Å².